The summed E-state index contributed by atoms with van der Waals surface area (Å²) in [5.74, 6) is 2.38. The standard InChI is InChI=1S/C27H30N2O4S/c1-18(2)15-24(19-10-12-22(32-3)13-11-19)28-26(31)20-6-8-21(9-7-20)27-29(25(30)17-34-27)16-23-5-4-14-33-23/h4-14,18,24,27H,15-17H2,1-3H3,(H,28,31)/t24-,27+/m0/s1. The van der Waals surface area contributed by atoms with Crippen molar-refractivity contribution in [1.82, 2.24) is 10.2 Å². The molecule has 2 heterocycles. The van der Waals surface area contributed by atoms with Gasteiger partial charge in [-0.05, 0) is 59.9 Å². The predicted molar refractivity (Wildman–Crippen MR) is 134 cm³/mol. The topological polar surface area (TPSA) is 71.8 Å². The van der Waals surface area contributed by atoms with Crippen LogP contribution in [-0.2, 0) is 11.3 Å². The quantitative estimate of drug-likeness (QED) is 0.435. The van der Waals surface area contributed by atoms with Crippen LogP contribution in [0.2, 0.25) is 0 Å². The third-order valence-corrected chi connectivity index (χ3v) is 7.12. The zero-order valence-electron chi connectivity index (χ0n) is 19.7. The third-order valence-electron chi connectivity index (χ3n) is 5.86. The van der Waals surface area contributed by atoms with Gasteiger partial charge in [0.2, 0.25) is 5.91 Å². The molecule has 1 aromatic heterocycles. The van der Waals surface area contributed by atoms with Gasteiger partial charge in [-0.2, -0.15) is 0 Å². The number of benzene rings is 2. The maximum Gasteiger partial charge on any atom is 0.251 e. The van der Waals surface area contributed by atoms with E-state index in [-0.39, 0.29) is 23.2 Å². The van der Waals surface area contributed by atoms with Crippen LogP contribution in [0.4, 0.5) is 0 Å². The van der Waals surface area contributed by atoms with Crippen molar-refractivity contribution in [3.05, 3.63) is 89.4 Å². The van der Waals surface area contributed by atoms with E-state index in [9.17, 15) is 9.59 Å². The molecule has 34 heavy (non-hydrogen) atoms. The fourth-order valence-electron chi connectivity index (χ4n) is 4.10. The lowest BCUT2D eigenvalue weighted by atomic mass is 9.96. The van der Waals surface area contributed by atoms with E-state index in [2.05, 4.69) is 19.2 Å². The normalized spacial score (nSPS) is 16.6. The zero-order chi connectivity index (χ0) is 24.1. The number of ether oxygens (including phenoxy) is 1. The minimum Gasteiger partial charge on any atom is -0.497 e. The van der Waals surface area contributed by atoms with Crippen LogP contribution in [-0.4, -0.2) is 29.6 Å². The average molecular weight is 479 g/mol. The summed E-state index contributed by atoms with van der Waals surface area (Å²) >= 11 is 1.59. The number of carbonyl (C=O) groups excluding carboxylic acids is 2. The Morgan fingerprint density at radius 1 is 1.15 bits per heavy atom. The number of hydrogen-bond donors (Lipinski definition) is 1. The molecule has 0 bridgehead atoms. The zero-order valence-corrected chi connectivity index (χ0v) is 20.5. The number of amides is 2. The minimum atomic E-state index is -0.115. The summed E-state index contributed by atoms with van der Waals surface area (Å²) in [4.78, 5) is 27.3. The molecule has 1 fully saturated rings. The predicted octanol–water partition coefficient (Wildman–Crippen LogP) is 5.58. The molecule has 4 rings (SSSR count). The number of rotatable bonds is 9. The summed E-state index contributed by atoms with van der Waals surface area (Å²) in [6.45, 7) is 4.73. The third kappa shape index (κ3) is 5.65. The second-order valence-corrected chi connectivity index (χ2v) is 9.88. The van der Waals surface area contributed by atoms with Crippen molar-refractivity contribution in [2.24, 2.45) is 5.92 Å². The Labute approximate surface area is 204 Å². The van der Waals surface area contributed by atoms with Gasteiger partial charge in [0, 0.05) is 5.56 Å². The Balaban J connectivity index is 1.46. The summed E-state index contributed by atoms with van der Waals surface area (Å²) in [7, 11) is 1.64. The minimum absolute atomic E-state index is 0.0873. The van der Waals surface area contributed by atoms with Gasteiger partial charge >= 0.3 is 0 Å². The molecule has 0 radical (unpaired) electrons. The number of methoxy groups -OCH3 is 1. The lowest BCUT2D eigenvalue weighted by molar-refractivity contribution is -0.128. The Bertz CT molecular complexity index is 1090. The maximum absolute atomic E-state index is 13.1. The van der Waals surface area contributed by atoms with Gasteiger partial charge in [-0.15, -0.1) is 11.8 Å². The summed E-state index contributed by atoms with van der Waals surface area (Å²) in [6, 6.07) is 19.0. The monoisotopic (exact) mass is 478 g/mol. The molecule has 0 aliphatic carbocycles. The van der Waals surface area contributed by atoms with Crippen molar-refractivity contribution in [2.75, 3.05) is 12.9 Å². The summed E-state index contributed by atoms with van der Waals surface area (Å²) in [5.41, 5.74) is 2.64. The van der Waals surface area contributed by atoms with Crippen molar-refractivity contribution in [1.29, 1.82) is 0 Å². The van der Waals surface area contributed by atoms with Gasteiger partial charge < -0.3 is 19.4 Å². The van der Waals surface area contributed by atoms with Crippen LogP contribution in [0.25, 0.3) is 0 Å². The van der Waals surface area contributed by atoms with Crippen molar-refractivity contribution in [2.45, 2.75) is 38.2 Å². The molecule has 2 atom stereocenters. The van der Waals surface area contributed by atoms with Crippen LogP contribution < -0.4 is 10.1 Å². The number of nitrogens with zero attached hydrogens (tertiary/aromatic N) is 1. The highest BCUT2D eigenvalue weighted by Crippen LogP contribution is 2.39. The van der Waals surface area contributed by atoms with Crippen LogP contribution in [0.1, 0.15) is 58.9 Å². The number of thioether (sulfide) groups is 1. The Morgan fingerprint density at radius 2 is 1.88 bits per heavy atom. The summed E-state index contributed by atoms with van der Waals surface area (Å²) in [5, 5.41) is 3.10. The van der Waals surface area contributed by atoms with E-state index in [4.69, 9.17) is 9.15 Å². The molecule has 1 N–H and O–H groups in total. The second-order valence-electron chi connectivity index (χ2n) is 8.82. The van der Waals surface area contributed by atoms with Gasteiger partial charge in [-0.3, -0.25) is 9.59 Å². The summed E-state index contributed by atoms with van der Waals surface area (Å²) < 4.78 is 10.7. The first-order valence-electron chi connectivity index (χ1n) is 11.4. The molecule has 7 heteroatoms. The van der Waals surface area contributed by atoms with Crippen molar-refractivity contribution in [3.63, 3.8) is 0 Å². The van der Waals surface area contributed by atoms with E-state index < -0.39 is 0 Å². The van der Waals surface area contributed by atoms with E-state index >= 15 is 0 Å². The van der Waals surface area contributed by atoms with Crippen molar-refractivity contribution < 1.29 is 18.7 Å². The molecular weight excluding hydrogens is 448 g/mol. The van der Waals surface area contributed by atoms with Crippen molar-refractivity contribution >= 4 is 23.6 Å². The highest BCUT2D eigenvalue weighted by Gasteiger charge is 2.33. The molecule has 1 aliphatic heterocycles. The van der Waals surface area contributed by atoms with Crippen LogP contribution >= 0.6 is 11.8 Å². The molecule has 2 amide bonds. The van der Waals surface area contributed by atoms with E-state index in [1.807, 2.05) is 65.6 Å². The first kappa shape index (κ1) is 24.0. The van der Waals surface area contributed by atoms with Crippen LogP contribution in [0.15, 0.2) is 71.3 Å². The van der Waals surface area contributed by atoms with Gasteiger partial charge in [0.15, 0.2) is 0 Å². The highest BCUT2D eigenvalue weighted by molar-refractivity contribution is 8.00. The largest absolute Gasteiger partial charge is 0.497 e. The summed E-state index contributed by atoms with van der Waals surface area (Å²) in [6.07, 6.45) is 2.45. The lowest BCUT2D eigenvalue weighted by Crippen LogP contribution is -2.29. The van der Waals surface area contributed by atoms with Gasteiger partial charge in [0.1, 0.15) is 16.9 Å². The van der Waals surface area contributed by atoms with Crippen LogP contribution in [0.3, 0.4) is 0 Å². The number of carbonyl (C=O) groups is 2. The van der Waals surface area contributed by atoms with E-state index in [0.29, 0.717) is 23.8 Å². The lowest BCUT2D eigenvalue weighted by Gasteiger charge is -2.24. The molecule has 0 spiro atoms. The molecule has 178 valence electrons. The van der Waals surface area contributed by atoms with E-state index in [1.165, 1.54) is 0 Å². The number of nitrogens with one attached hydrogen (secondary N) is 1. The SMILES string of the molecule is COc1ccc([C@H](CC(C)C)NC(=O)c2ccc([C@H]3SCC(=O)N3Cc3ccco3)cc2)cc1. The van der Waals surface area contributed by atoms with E-state index in [1.54, 1.807) is 25.1 Å². The van der Waals surface area contributed by atoms with Crippen molar-refractivity contribution in [3.8, 4) is 5.75 Å². The van der Waals surface area contributed by atoms with Gasteiger partial charge in [0.05, 0.1) is 31.7 Å². The number of hydrogen-bond acceptors (Lipinski definition) is 5. The molecule has 6 nitrogen and oxygen atoms in total. The fourth-order valence-corrected chi connectivity index (χ4v) is 5.29. The molecule has 2 aromatic carbocycles. The van der Waals surface area contributed by atoms with Crippen LogP contribution in [0, 0.1) is 5.92 Å². The van der Waals surface area contributed by atoms with Gasteiger partial charge in [-0.1, -0.05) is 38.1 Å². The smallest absolute Gasteiger partial charge is 0.251 e. The molecular formula is C27H30N2O4S. The van der Waals surface area contributed by atoms with Gasteiger partial charge in [-0.25, -0.2) is 0 Å². The molecule has 0 saturated carbocycles. The average Bonchev–Trinajstić information content (AvgIpc) is 3.49. The molecule has 0 unspecified atom stereocenters. The Morgan fingerprint density at radius 3 is 2.50 bits per heavy atom. The molecule has 3 aromatic rings. The fraction of sp³-hybridized carbons (Fsp3) is 0.333. The second kappa shape index (κ2) is 10.8. The first-order valence-corrected chi connectivity index (χ1v) is 12.5. The Hall–Kier alpha value is -3.19. The highest BCUT2D eigenvalue weighted by atomic mass is 32.2. The molecule has 1 aliphatic rings. The number of furan rings is 1. The molecule has 1 saturated heterocycles. The van der Waals surface area contributed by atoms with Gasteiger partial charge in [0.25, 0.3) is 5.91 Å². The Kier molecular flexibility index (Phi) is 7.63. The maximum atomic E-state index is 13.1. The van der Waals surface area contributed by atoms with Crippen LogP contribution in [0.5, 0.6) is 5.75 Å². The first-order chi connectivity index (χ1) is 16.4. The van der Waals surface area contributed by atoms with E-state index in [0.717, 1.165) is 29.1 Å².